The number of ether oxygens (including phenoxy) is 1. The molecule has 3 aromatic heterocycles. The van der Waals surface area contributed by atoms with Gasteiger partial charge >= 0.3 is 12.2 Å². The van der Waals surface area contributed by atoms with E-state index in [0.29, 0.717) is 15.9 Å². The summed E-state index contributed by atoms with van der Waals surface area (Å²) in [6.07, 6.45) is -4.07. The van der Waals surface area contributed by atoms with E-state index in [2.05, 4.69) is 25.3 Å². The van der Waals surface area contributed by atoms with Gasteiger partial charge in [0.15, 0.2) is 22.3 Å². The molecule has 0 aliphatic heterocycles. The van der Waals surface area contributed by atoms with Gasteiger partial charge in [0.25, 0.3) is 5.56 Å². The average molecular weight is 576 g/mol. The number of thiazole rings is 1. The third-order valence-corrected chi connectivity index (χ3v) is 6.49. The largest absolute Gasteiger partial charge is 0.465 e. The number of fused-ring (bicyclic) bond motifs is 2. The summed E-state index contributed by atoms with van der Waals surface area (Å²) < 4.78 is 44.7. The van der Waals surface area contributed by atoms with Gasteiger partial charge in [-0.2, -0.15) is 18.2 Å². The number of carbonyl (C=O) groups is 1. The zero-order chi connectivity index (χ0) is 27.7. The van der Waals surface area contributed by atoms with Gasteiger partial charge in [0.1, 0.15) is 12.9 Å². The number of rotatable bonds is 6. The SMILES string of the molecule is CC(Oc1ncnc2scnc12)c1nc2cccc(Cl)c2c(=O)n1-c1cccc(NC(=O)NCC(F)(F)F)c1. The molecule has 0 aliphatic carbocycles. The van der Waals surface area contributed by atoms with Gasteiger partial charge in [-0.3, -0.25) is 9.36 Å². The Morgan fingerprint density at radius 2 is 1.97 bits per heavy atom. The smallest absolute Gasteiger partial charge is 0.405 e. The van der Waals surface area contributed by atoms with Crippen molar-refractivity contribution in [3.05, 3.63) is 75.5 Å². The molecule has 0 radical (unpaired) electrons. The van der Waals surface area contributed by atoms with Crippen molar-refractivity contribution < 1.29 is 22.7 Å². The third-order valence-electron chi connectivity index (χ3n) is 5.44. The van der Waals surface area contributed by atoms with Crippen LogP contribution in [0.15, 0.2) is 59.1 Å². The predicted molar refractivity (Wildman–Crippen MR) is 140 cm³/mol. The number of hydrogen-bond donors (Lipinski definition) is 2. The van der Waals surface area contributed by atoms with Gasteiger partial charge in [0.2, 0.25) is 5.88 Å². The number of nitrogens with one attached hydrogen (secondary N) is 2. The van der Waals surface area contributed by atoms with Crippen LogP contribution < -0.4 is 20.9 Å². The minimum Gasteiger partial charge on any atom is -0.465 e. The van der Waals surface area contributed by atoms with Gasteiger partial charge < -0.3 is 15.4 Å². The normalized spacial score (nSPS) is 12.4. The Labute approximate surface area is 226 Å². The van der Waals surface area contributed by atoms with E-state index in [9.17, 15) is 22.8 Å². The van der Waals surface area contributed by atoms with Crippen molar-refractivity contribution in [2.24, 2.45) is 0 Å². The van der Waals surface area contributed by atoms with E-state index in [1.54, 1.807) is 42.0 Å². The molecule has 10 nitrogen and oxygen atoms in total. The molecule has 2 aromatic carbocycles. The van der Waals surface area contributed by atoms with Gasteiger partial charge in [-0.25, -0.2) is 19.7 Å². The maximum Gasteiger partial charge on any atom is 0.405 e. The van der Waals surface area contributed by atoms with Crippen molar-refractivity contribution in [2.45, 2.75) is 19.2 Å². The van der Waals surface area contributed by atoms with Crippen LogP contribution in [0, 0.1) is 0 Å². The number of carbonyl (C=O) groups excluding carboxylic acids is 1. The number of nitrogens with zero attached hydrogens (tertiary/aromatic N) is 5. The van der Waals surface area contributed by atoms with Crippen LogP contribution in [0.1, 0.15) is 18.9 Å². The summed E-state index contributed by atoms with van der Waals surface area (Å²) >= 11 is 7.65. The summed E-state index contributed by atoms with van der Waals surface area (Å²) in [5, 5.41) is 4.40. The standard InChI is InChI=1S/C24H17ClF3N7O3S/c1-12(38-20-18-21(31-10-30-20)39-11-32-18)19-34-16-7-3-6-15(25)17(16)22(36)35(19)14-5-2-4-13(8-14)33-23(37)29-9-24(26,27)28/h2-8,10-12H,9H2,1H3,(H2,29,33,37). The molecule has 0 spiro atoms. The number of amides is 2. The number of urea groups is 1. The summed E-state index contributed by atoms with van der Waals surface area (Å²) in [4.78, 5) is 43.6. The minimum absolute atomic E-state index is 0.137. The van der Waals surface area contributed by atoms with E-state index in [1.807, 2.05) is 0 Å². The van der Waals surface area contributed by atoms with Crippen LogP contribution in [0.2, 0.25) is 5.02 Å². The molecule has 2 N–H and O–H groups in total. The maximum atomic E-state index is 13.8. The lowest BCUT2D eigenvalue weighted by Gasteiger charge is -2.20. The van der Waals surface area contributed by atoms with Crippen LogP contribution in [-0.2, 0) is 0 Å². The Hall–Kier alpha value is -4.30. The van der Waals surface area contributed by atoms with E-state index in [0.717, 1.165) is 0 Å². The van der Waals surface area contributed by atoms with Crippen LogP contribution in [0.4, 0.5) is 23.7 Å². The third kappa shape index (κ3) is 5.61. The summed E-state index contributed by atoms with van der Waals surface area (Å²) in [5.41, 5.74) is 2.26. The Bertz CT molecular complexity index is 1760. The molecular formula is C24H17ClF3N7O3S. The fraction of sp³-hybridized carbons (Fsp3) is 0.167. The molecule has 39 heavy (non-hydrogen) atoms. The lowest BCUT2D eigenvalue weighted by molar-refractivity contribution is -0.122. The molecule has 5 rings (SSSR count). The summed E-state index contributed by atoms with van der Waals surface area (Å²) in [6.45, 7) is 0.168. The second-order valence-electron chi connectivity index (χ2n) is 8.16. The highest BCUT2D eigenvalue weighted by Crippen LogP contribution is 2.29. The summed E-state index contributed by atoms with van der Waals surface area (Å²) in [6, 6.07) is 9.76. The number of aromatic nitrogens is 5. The van der Waals surface area contributed by atoms with Gasteiger partial charge in [-0.15, -0.1) is 11.3 Å². The molecule has 5 aromatic rings. The molecule has 1 unspecified atom stereocenters. The predicted octanol–water partition coefficient (Wildman–Crippen LogP) is 5.26. The van der Waals surface area contributed by atoms with Crippen molar-refractivity contribution in [2.75, 3.05) is 11.9 Å². The van der Waals surface area contributed by atoms with Crippen LogP contribution in [0.5, 0.6) is 5.88 Å². The lowest BCUT2D eigenvalue weighted by Crippen LogP contribution is -2.36. The molecule has 15 heteroatoms. The van der Waals surface area contributed by atoms with E-state index < -0.39 is 30.4 Å². The quantitative estimate of drug-likeness (QED) is 0.283. The minimum atomic E-state index is -4.57. The van der Waals surface area contributed by atoms with Crippen LogP contribution in [-0.4, -0.2) is 43.3 Å². The Balaban J connectivity index is 1.57. The first kappa shape index (κ1) is 26.3. The Morgan fingerprint density at radius 1 is 1.18 bits per heavy atom. The molecule has 2 amide bonds. The van der Waals surface area contributed by atoms with E-state index >= 15 is 0 Å². The average Bonchev–Trinajstić information content (AvgIpc) is 3.37. The number of alkyl halides is 3. The van der Waals surface area contributed by atoms with Gasteiger partial charge in [0, 0.05) is 5.69 Å². The Kier molecular flexibility index (Phi) is 7.06. The Morgan fingerprint density at radius 3 is 2.77 bits per heavy atom. The van der Waals surface area contributed by atoms with Crippen molar-refractivity contribution in [3.8, 4) is 11.6 Å². The van der Waals surface area contributed by atoms with Crippen molar-refractivity contribution in [3.63, 3.8) is 0 Å². The lowest BCUT2D eigenvalue weighted by atomic mass is 10.2. The van der Waals surface area contributed by atoms with Gasteiger partial charge in [0.05, 0.1) is 27.1 Å². The van der Waals surface area contributed by atoms with E-state index in [-0.39, 0.29) is 33.5 Å². The molecule has 0 saturated heterocycles. The number of anilines is 1. The number of hydrogen-bond acceptors (Lipinski definition) is 8. The molecule has 0 aliphatic rings. The van der Waals surface area contributed by atoms with Gasteiger partial charge in [-0.05, 0) is 37.3 Å². The number of benzene rings is 2. The molecule has 3 heterocycles. The van der Waals surface area contributed by atoms with Crippen molar-refractivity contribution in [1.82, 2.24) is 29.8 Å². The first-order valence-electron chi connectivity index (χ1n) is 11.2. The molecule has 0 saturated carbocycles. The van der Waals surface area contributed by atoms with Crippen LogP contribution >= 0.6 is 22.9 Å². The maximum absolute atomic E-state index is 13.8. The van der Waals surface area contributed by atoms with E-state index in [1.165, 1.54) is 40.4 Å². The second-order valence-corrected chi connectivity index (χ2v) is 9.40. The van der Waals surface area contributed by atoms with Crippen molar-refractivity contribution in [1.29, 1.82) is 0 Å². The first-order chi connectivity index (χ1) is 18.6. The topological polar surface area (TPSA) is 124 Å². The van der Waals surface area contributed by atoms with E-state index in [4.69, 9.17) is 16.3 Å². The molecule has 1 atom stereocenters. The zero-order valence-corrected chi connectivity index (χ0v) is 21.4. The highest BCUT2D eigenvalue weighted by molar-refractivity contribution is 7.16. The number of halogens is 4. The van der Waals surface area contributed by atoms with Crippen molar-refractivity contribution >= 4 is 55.9 Å². The summed E-state index contributed by atoms with van der Waals surface area (Å²) in [5.74, 6) is 0.368. The molecular weight excluding hydrogens is 559 g/mol. The first-order valence-corrected chi connectivity index (χ1v) is 12.5. The summed E-state index contributed by atoms with van der Waals surface area (Å²) in [7, 11) is 0. The highest BCUT2D eigenvalue weighted by atomic mass is 35.5. The van der Waals surface area contributed by atoms with Gasteiger partial charge in [-0.1, -0.05) is 23.7 Å². The van der Waals surface area contributed by atoms with Crippen LogP contribution in [0.3, 0.4) is 0 Å². The monoisotopic (exact) mass is 575 g/mol. The molecule has 0 bridgehead atoms. The molecule has 0 fully saturated rings. The highest BCUT2D eigenvalue weighted by Gasteiger charge is 2.28. The molecule has 200 valence electrons. The zero-order valence-electron chi connectivity index (χ0n) is 19.9. The van der Waals surface area contributed by atoms with Crippen LogP contribution in [0.25, 0.3) is 26.9 Å². The fourth-order valence-corrected chi connectivity index (χ4v) is 4.66. The fourth-order valence-electron chi connectivity index (χ4n) is 3.79. The second kappa shape index (κ2) is 10.5.